The van der Waals surface area contributed by atoms with Gasteiger partial charge in [-0.25, -0.2) is 9.78 Å². The van der Waals surface area contributed by atoms with Crippen LogP contribution in [0.2, 0.25) is 0 Å². The van der Waals surface area contributed by atoms with E-state index in [2.05, 4.69) is 16.5 Å². The van der Waals surface area contributed by atoms with Crippen molar-refractivity contribution < 1.29 is 4.79 Å². The summed E-state index contributed by atoms with van der Waals surface area (Å²) >= 11 is 0. The molecule has 0 aliphatic heterocycles. The Labute approximate surface area is 203 Å². The number of aromatic nitrogens is 5. The number of benzene rings is 1. The third kappa shape index (κ3) is 4.17. The van der Waals surface area contributed by atoms with Crippen LogP contribution in [0.15, 0.2) is 52.3 Å². The Morgan fingerprint density at radius 3 is 2.51 bits per heavy atom. The molecule has 0 radical (unpaired) electrons. The maximum absolute atomic E-state index is 13.6. The first-order valence-electron chi connectivity index (χ1n) is 12.3. The Kier molecular flexibility index (Phi) is 6.05. The molecule has 0 saturated heterocycles. The average Bonchev–Trinajstić information content (AvgIpc) is 3.51. The molecule has 8 nitrogen and oxygen atoms in total. The first kappa shape index (κ1) is 23.1. The van der Waals surface area contributed by atoms with Crippen LogP contribution in [-0.2, 0) is 19.6 Å². The topological polar surface area (TPSA) is 83.8 Å². The number of nitrogens with zero attached hydrogens (tertiary/aromatic N) is 5. The van der Waals surface area contributed by atoms with Gasteiger partial charge in [0.05, 0.1) is 19.4 Å². The molecule has 3 aromatic heterocycles. The number of carbonyl (C=O) groups excluding carboxylic acids is 1. The van der Waals surface area contributed by atoms with Crippen LogP contribution in [0.4, 0.5) is 0 Å². The monoisotopic (exact) mass is 473 g/mol. The molecule has 35 heavy (non-hydrogen) atoms. The molecule has 0 N–H and O–H groups in total. The second kappa shape index (κ2) is 9.17. The van der Waals surface area contributed by atoms with Crippen LogP contribution >= 0.6 is 0 Å². The van der Waals surface area contributed by atoms with Gasteiger partial charge in [-0.15, -0.1) is 0 Å². The van der Waals surface area contributed by atoms with E-state index in [1.165, 1.54) is 4.57 Å². The standard InChI is InChI=1S/C27H31N5O3/c1-4-5-13-29-17-28-25-24(29)26(34)31(27(35)30(25)15-20-9-7-6-8-10-20)16-23(33)22-14-18(2)32(19(22)3)21-11-12-21/h6-10,14,17,21H,4-5,11-13,15-16H2,1-3H3. The average molecular weight is 474 g/mol. The molecule has 182 valence electrons. The Hall–Kier alpha value is -3.68. The molecule has 0 bridgehead atoms. The van der Waals surface area contributed by atoms with Crippen LogP contribution in [0.25, 0.3) is 11.2 Å². The summed E-state index contributed by atoms with van der Waals surface area (Å²) in [5.41, 5.74) is 3.18. The molecular weight excluding hydrogens is 442 g/mol. The smallest absolute Gasteiger partial charge is 0.333 e. The number of ketones is 1. The van der Waals surface area contributed by atoms with Crippen molar-refractivity contribution >= 4 is 16.9 Å². The Morgan fingerprint density at radius 1 is 1.09 bits per heavy atom. The molecule has 3 heterocycles. The van der Waals surface area contributed by atoms with Gasteiger partial charge in [0.15, 0.2) is 16.9 Å². The number of rotatable bonds is 9. The summed E-state index contributed by atoms with van der Waals surface area (Å²) in [6, 6.07) is 11.9. The van der Waals surface area contributed by atoms with Crippen molar-refractivity contribution in [2.75, 3.05) is 0 Å². The van der Waals surface area contributed by atoms with Crippen molar-refractivity contribution in [3.8, 4) is 0 Å². The van der Waals surface area contributed by atoms with Crippen LogP contribution < -0.4 is 11.2 Å². The molecular formula is C27H31N5O3. The second-order valence-corrected chi connectivity index (χ2v) is 9.52. The lowest BCUT2D eigenvalue weighted by Crippen LogP contribution is -2.42. The third-order valence-electron chi connectivity index (χ3n) is 6.92. The van der Waals surface area contributed by atoms with Gasteiger partial charge in [-0.3, -0.25) is 18.7 Å². The summed E-state index contributed by atoms with van der Waals surface area (Å²) in [7, 11) is 0. The van der Waals surface area contributed by atoms with E-state index < -0.39 is 11.2 Å². The molecule has 1 aromatic carbocycles. The molecule has 1 fully saturated rings. The minimum absolute atomic E-state index is 0.227. The normalized spacial score (nSPS) is 13.6. The summed E-state index contributed by atoms with van der Waals surface area (Å²) in [5.74, 6) is -0.227. The number of carbonyl (C=O) groups is 1. The molecule has 1 aliphatic carbocycles. The summed E-state index contributed by atoms with van der Waals surface area (Å²) in [6.45, 7) is 6.63. The fraction of sp³-hybridized carbons (Fsp3) is 0.407. The molecule has 4 aromatic rings. The summed E-state index contributed by atoms with van der Waals surface area (Å²) in [6.07, 6.45) is 5.71. The molecule has 1 saturated carbocycles. The van der Waals surface area contributed by atoms with Gasteiger partial charge in [-0.05, 0) is 44.7 Å². The van der Waals surface area contributed by atoms with Crippen LogP contribution in [0.1, 0.15) is 66.0 Å². The van der Waals surface area contributed by atoms with Crippen molar-refractivity contribution in [3.63, 3.8) is 0 Å². The van der Waals surface area contributed by atoms with Crippen molar-refractivity contribution in [3.05, 3.63) is 86.1 Å². The zero-order valence-corrected chi connectivity index (χ0v) is 20.5. The van der Waals surface area contributed by atoms with Crippen molar-refractivity contribution in [2.45, 2.75) is 72.1 Å². The number of aryl methyl sites for hydroxylation is 2. The highest BCUT2D eigenvalue weighted by atomic mass is 16.2. The van der Waals surface area contributed by atoms with Gasteiger partial charge in [-0.2, -0.15) is 0 Å². The Morgan fingerprint density at radius 2 is 1.83 bits per heavy atom. The highest BCUT2D eigenvalue weighted by Crippen LogP contribution is 2.38. The minimum atomic E-state index is -0.517. The highest BCUT2D eigenvalue weighted by Gasteiger charge is 2.29. The van der Waals surface area contributed by atoms with Gasteiger partial charge >= 0.3 is 5.69 Å². The second-order valence-electron chi connectivity index (χ2n) is 9.52. The minimum Gasteiger partial charge on any atom is -0.345 e. The molecule has 0 amide bonds. The zero-order chi connectivity index (χ0) is 24.7. The zero-order valence-electron chi connectivity index (χ0n) is 20.5. The van der Waals surface area contributed by atoms with Crippen LogP contribution in [0, 0.1) is 13.8 Å². The van der Waals surface area contributed by atoms with E-state index in [1.807, 2.05) is 54.8 Å². The number of hydrogen-bond donors (Lipinski definition) is 0. The number of unbranched alkanes of at least 4 members (excludes halogenated alkanes) is 1. The number of fused-ring (bicyclic) bond motifs is 1. The predicted molar refractivity (Wildman–Crippen MR) is 135 cm³/mol. The molecule has 0 atom stereocenters. The van der Waals surface area contributed by atoms with Gasteiger partial charge in [0.1, 0.15) is 0 Å². The van der Waals surface area contributed by atoms with Gasteiger partial charge in [-0.1, -0.05) is 43.7 Å². The van der Waals surface area contributed by atoms with Gasteiger partial charge in [0.2, 0.25) is 0 Å². The van der Waals surface area contributed by atoms with E-state index in [9.17, 15) is 14.4 Å². The van der Waals surface area contributed by atoms with E-state index in [-0.39, 0.29) is 18.9 Å². The maximum Gasteiger partial charge on any atom is 0.333 e. The summed E-state index contributed by atoms with van der Waals surface area (Å²) < 4.78 is 6.60. The Balaban J connectivity index is 1.61. The largest absolute Gasteiger partial charge is 0.345 e. The number of imidazole rings is 1. The molecule has 8 heteroatoms. The highest BCUT2D eigenvalue weighted by molar-refractivity contribution is 5.97. The summed E-state index contributed by atoms with van der Waals surface area (Å²) in [5, 5.41) is 0. The van der Waals surface area contributed by atoms with E-state index in [4.69, 9.17) is 0 Å². The van der Waals surface area contributed by atoms with Gasteiger partial charge < -0.3 is 9.13 Å². The SMILES string of the molecule is CCCCn1cnc2c1c(=O)n(CC(=O)c1cc(C)n(C3CC3)c1C)c(=O)n2Cc1ccccc1. The number of Topliss-reactive ketones (excluding diaryl/α,β-unsaturated/α-hetero) is 1. The fourth-order valence-corrected chi connectivity index (χ4v) is 4.97. The molecule has 0 unspecified atom stereocenters. The van der Waals surface area contributed by atoms with Crippen LogP contribution in [0.3, 0.4) is 0 Å². The lowest BCUT2D eigenvalue weighted by molar-refractivity contribution is 0.0968. The summed E-state index contributed by atoms with van der Waals surface area (Å²) in [4.78, 5) is 45.0. The van der Waals surface area contributed by atoms with Crippen LogP contribution in [0.5, 0.6) is 0 Å². The molecule has 5 rings (SSSR count). The van der Waals surface area contributed by atoms with Crippen molar-refractivity contribution in [2.24, 2.45) is 0 Å². The van der Waals surface area contributed by atoms with Crippen molar-refractivity contribution in [1.29, 1.82) is 0 Å². The van der Waals surface area contributed by atoms with E-state index in [1.54, 1.807) is 6.33 Å². The third-order valence-corrected chi connectivity index (χ3v) is 6.92. The quantitative estimate of drug-likeness (QED) is 0.346. The lowest BCUT2D eigenvalue weighted by atomic mass is 10.1. The first-order chi connectivity index (χ1) is 16.9. The predicted octanol–water partition coefficient (Wildman–Crippen LogP) is 3.84. The van der Waals surface area contributed by atoms with Gasteiger partial charge in [0, 0.05) is 29.5 Å². The molecule has 1 aliphatic rings. The van der Waals surface area contributed by atoms with E-state index >= 15 is 0 Å². The van der Waals surface area contributed by atoms with Crippen LogP contribution in [-0.4, -0.2) is 29.0 Å². The van der Waals surface area contributed by atoms with Gasteiger partial charge in [0.25, 0.3) is 5.56 Å². The Bertz CT molecular complexity index is 1520. The van der Waals surface area contributed by atoms with E-state index in [0.717, 1.165) is 47.2 Å². The molecule has 0 spiro atoms. The fourth-order valence-electron chi connectivity index (χ4n) is 4.97. The van der Waals surface area contributed by atoms with E-state index in [0.29, 0.717) is 29.3 Å². The first-order valence-corrected chi connectivity index (χ1v) is 12.3. The van der Waals surface area contributed by atoms with Crippen molar-refractivity contribution in [1.82, 2.24) is 23.3 Å². The number of hydrogen-bond acceptors (Lipinski definition) is 4. The lowest BCUT2D eigenvalue weighted by Gasteiger charge is -2.13. The maximum atomic E-state index is 13.6.